The first-order valence-electron chi connectivity index (χ1n) is 10.4. The summed E-state index contributed by atoms with van der Waals surface area (Å²) in [7, 11) is 0. The number of aryl methyl sites for hydroxylation is 1. The van der Waals surface area contributed by atoms with Gasteiger partial charge >= 0.3 is 6.09 Å². The molecule has 0 bridgehead atoms. The monoisotopic (exact) mass is 430 g/mol. The number of carbonyl (C=O) groups excluding carboxylic acids is 2. The third kappa shape index (κ3) is 4.99. The molecular weight excluding hydrogens is 403 g/mol. The molecule has 31 heavy (non-hydrogen) atoms. The number of cyclic esters (lactones) is 1. The highest BCUT2D eigenvalue weighted by Gasteiger charge is 2.33. The Morgan fingerprint density at radius 3 is 2.61 bits per heavy atom. The third-order valence-corrected chi connectivity index (χ3v) is 5.58. The fraction of sp³-hybridized carbons (Fsp3) is 0.455. The molecule has 2 aliphatic heterocycles. The van der Waals surface area contributed by atoms with Crippen LogP contribution in [0.15, 0.2) is 34.7 Å². The van der Waals surface area contributed by atoms with E-state index in [0.717, 1.165) is 31.2 Å². The second-order valence-electron chi connectivity index (χ2n) is 7.96. The zero-order valence-electron chi connectivity index (χ0n) is 17.8. The molecule has 0 aliphatic carbocycles. The van der Waals surface area contributed by atoms with Gasteiger partial charge in [-0.25, -0.2) is 9.18 Å². The summed E-state index contributed by atoms with van der Waals surface area (Å²) in [5.74, 6) is 1.28. The van der Waals surface area contributed by atoms with Crippen LogP contribution in [-0.4, -0.2) is 62.3 Å². The zero-order valence-corrected chi connectivity index (χ0v) is 17.8. The van der Waals surface area contributed by atoms with E-state index in [1.807, 2.05) is 24.0 Å². The van der Waals surface area contributed by atoms with Crippen molar-refractivity contribution in [3.05, 3.63) is 47.7 Å². The molecule has 0 spiro atoms. The molecule has 3 heterocycles. The number of ether oxygens (including phenoxy) is 1. The van der Waals surface area contributed by atoms with Crippen LogP contribution in [0.1, 0.15) is 18.4 Å². The lowest BCUT2D eigenvalue weighted by atomic mass is 10.2. The van der Waals surface area contributed by atoms with Crippen LogP contribution >= 0.6 is 0 Å². The molecule has 166 valence electrons. The number of hydrogen-bond donors (Lipinski definition) is 1. The van der Waals surface area contributed by atoms with Gasteiger partial charge in [0, 0.05) is 33.1 Å². The van der Waals surface area contributed by atoms with E-state index in [2.05, 4.69) is 10.2 Å². The molecule has 1 N–H and O–H groups in total. The Balaban J connectivity index is 1.35. The summed E-state index contributed by atoms with van der Waals surface area (Å²) in [6, 6.07) is 8.77. The first kappa shape index (κ1) is 21.2. The molecule has 9 heteroatoms. The SMILES string of the molecule is CC(=O)NC[C@H]1CN(c2ccc(N3CCN(Cc4ccc(C)o4)CC3)c(F)c2)C(=O)O1. The maximum Gasteiger partial charge on any atom is 0.414 e. The van der Waals surface area contributed by atoms with Crippen molar-refractivity contribution in [1.29, 1.82) is 0 Å². The minimum absolute atomic E-state index is 0.190. The lowest BCUT2D eigenvalue weighted by Crippen LogP contribution is -2.46. The summed E-state index contributed by atoms with van der Waals surface area (Å²) in [4.78, 5) is 28.9. The van der Waals surface area contributed by atoms with E-state index in [0.29, 0.717) is 24.5 Å². The molecule has 2 aromatic rings. The normalized spacial score (nSPS) is 19.6. The molecule has 1 aromatic carbocycles. The number of halogens is 1. The van der Waals surface area contributed by atoms with Crippen LogP contribution < -0.4 is 15.1 Å². The van der Waals surface area contributed by atoms with Gasteiger partial charge < -0.3 is 19.4 Å². The quantitative estimate of drug-likeness (QED) is 0.759. The maximum atomic E-state index is 14.9. The van der Waals surface area contributed by atoms with Gasteiger partial charge in [-0.1, -0.05) is 0 Å². The second-order valence-corrected chi connectivity index (χ2v) is 7.96. The maximum absolute atomic E-state index is 14.9. The van der Waals surface area contributed by atoms with E-state index in [1.165, 1.54) is 17.9 Å². The number of hydrogen-bond acceptors (Lipinski definition) is 6. The molecule has 0 unspecified atom stereocenters. The summed E-state index contributed by atoms with van der Waals surface area (Å²) in [6.45, 7) is 7.62. The largest absolute Gasteiger partial charge is 0.465 e. The Labute approximate surface area is 180 Å². The number of anilines is 2. The topological polar surface area (TPSA) is 78.3 Å². The molecule has 8 nitrogen and oxygen atoms in total. The molecule has 1 aromatic heterocycles. The van der Waals surface area contributed by atoms with E-state index < -0.39 is 12.2 Å². The van der Waals surface area contributed by atoms with E-state index in [1.54, 1.807) is 12.1 Å². The predicted octanol–water partition coefficient (Wildman–Crippen LogP) is 2.51. The summed E-state index contributed by atoms with van der Waals surface area (Å²) in [6.07, 6.45) is -0.991. The van der Waals surface area contributed by atoms with Crippen LogP contribution in [-0.2, 0) is 16.1 Å². The predicted molar refractivity (Wildman–Crippen MR) is 114 cm³/mol. The van der Waals surface area contributed by atoms with Crippen molar-refractivity contribution in [3.63, 3.8) is 0 Å². The van der Waals surface area contributed by atoms with Crippen LogP contribution in [0.5, 0.6) is 0 Å². The Morgan fingerprint density at radius 2 is 1.97 bits per heavy atom. The molecule has 2 saturated heterocycles. The van der Waals surface area contributed by atoms with Gasteiger partial charge in [0.1, 0.15) is 23.4 Å². The molecule has 4 rings (SSSR count). The van der Waals surface area contributed by atoms with Gasteiger partial charge in [0.25, 0.3) is 0 Å². The van der Waals surface area contributed by atoms with Gasteiger partial charge in [-0.05, 0) is 37.3 Å². The highest BCUT2D eigenvalue weighted by atomic mass is 19.1. The highest BCUT2D eigenvalue weighted by Crippen LogP contribution is 2.28. The number of nitrogens with zero attached hydrogens (tertiary/aromatic N) is 3. The summed E-state index contributed by atoms with van der Waals surface area (Å²) in [5, 5.41) is 2.63. The average Bonchev–Trinajstić information content (AvgIpc) is 3.32. The standard InChI is InChI=1S/C22H27FN4O4/c1-15-3-5-18(30-15)13-25-7-9-26(10-8-25)21-6-4-17(11-20(21)23)27-14-19(31-22(27)29)12-24-16(2)28/h3-6,11,19H,7-10,12-14H2,1-2H3,(H,24,28)/t19-/m0/s1. The van der Waals surface area contributed by atoms with Gasteiger partial charge in [-0.2, -0.15) is 0 Å². The summed E-state index contributed by atoms with van der Waals surface area (Å²) in [5.41, 5.74) is 0.975. The van der Waals surface area contributed by atoms with E-state index in [9.17, 15) is 14.0 Å². The van der Waals surface area contributed by atoms with Crippen LogP contribution in [0.2, 0.25) is 0 Å². The van der Waals surface area contributed by atoms with Gasteiger partial charge in [-0.15, -0.1) is 0 Å². The summed E-state index contributed by atoms with van der Waals surface area (Å²) < 4.78 is 25.8. The summed E-state index contributed by atoms with van der Waals surface area (Å²) >= 11 is 0. The van der Waals surface area contributed by atoms with Gasteiger partial charge in [0.05, 0.1) is 31.0 Å². The van der Waals surface area contributed by atoms with Crippen molar-refractivity contribution in [2.24, 2.45) is 0 Å². The van der Waals surface area contributed by atoms with Gasteiger partial charge in [0.15, 0.2) is 0 Å². The molecule has 1 atom stereocenters. The van der Waals surface area contributed by atoms with Crippen LogP contribution in [0.25, 0.3) is 0 Å². The Morgan fingerprint density at radius 1 is 1.19 bits per heavy atom. The number of carbonyl (C=O) groups is 2. The van der Waals surface area contributed by atoms with Crippen molar-refractivity contribution in [3.8, 4) is 0 Å². The third-order valence-electron chi connectivity index (χ3n) is 5.58. The number of amides is 2. The lowest BCUT2D eigenvalue weighted by molar-refractivity contribution is -0.119. The molecular formula is C22H27FN4O4. The minimum atomic E-state index is -0.538. The second kappa shape index (κ2) is 8.97. The number of rotatable bonds is 6. The van der Waals surface area contributed by atoms with Crippen LogP contribution in [0, 0.1) is 12.7 Å². The first-order valence-corrected chi connectivity index (χ1v) is 10.4. The van der Waals surface area contributed by atoms with Crippen molar-refractivity contribution in [2.75, 3.05) is 49.1 Å². The number of piperazine rings is 1. The lowest BCUT2D eigenvalue weighted by Gasteiger charge is -2.36. The molecule has 2 aliphatic rings. The molecule has 2 fully saturated rings. The van der Waals surface area contributed by atoms with Gasteiger partial charge in [0.2, 0.25) is 5.91 Å². The Kier molecular flexibility index (Phi) is 6.13. The molecule has 0 radical (unpaired) electrons. The van der Waals surface area contributed by atoms with Crippen LogP contribution in [0.3, 0.4) is 0 Å². The van der Waals surface area contributed by atoms with E-state index in [4.69, 9.17) is 9.15 Å². The van der Waals surface area contributed by atoms with Crippen molar-refractivity contribution in [1.82, 2.24) is 10.2 Å². The fourth-order valence-corrected chi connectivity index (χ4v) is 3.95. The number of furan rings is 1. The van der Waals surface area contributed by atoms with Gasteiger partial charge in [-0.3, -0.25) is 14.6 Å². The van der Waals surface area contributed by atoms with E-state index >= 15 is 0 Å². The molecule has 0 saturated carbocycles. The Hall–Kier alpha value is -3.07. The fourth-order valence-electron chi connectivity index (χ4n) is 3.95. The Bertz CT molecular complexity index is 955. The molecule has 2 amide bonds. The average molecular weight is 430 g/mol. The minimum Gasteiger partial charge on any atom is -0.465 e. The van der Waals surface area contributed by atoms with Crippen molar-refractivity contribution >= 4 is 23.4 Å². The number of nitrogens with one attached hydrogen (secondary N) is 1. The van der Waals surface area contributed by atoms with Crippen molar-refractivity contribution in [2.45, 2.75) is 26.5 Å². The smallest absolute Gasteiger partial charge is 0.414 e. The first-order chi connectivity index (χ1) is 14.9. The zero-order chi connectivity index (χ0) is 22.0. The highest BCUT2D eigenvalue weighted by molar-refractivity contribution is 5.90. The van der Waals surface area contributed by atoms with Crippen molar-refractivity contribution < 1.29 is 23.1 Å². The number of benzene rings is 1. The van der Waals surface area contributed by atoms with E-state index in [-0.39, 0.29) is 24.8 Å². The van der Waals surface area contributed by atoms with Crippen LogP contribution in [0.4, 0.5) is 20.6 Å².